The van der Waals surface area contributed by atoms with Crippen molar-refractivity contribution in [3.05, 3.63) is 23.8 Å². The average molecular weight is 378 g/mol. The second kappa shape index (κ2) is 9.39. The molecule has 150 valence electrons. The summed E-state index contributed by atoms with van der Waals surface area (Å²) in [5.74, 6) is 1.11. The summed E-state index contributed by atoms with van der Waals surface area (Å²) in [7, 11) is 3.01. The molecule has 0 radical (unpaired) electrons. The number of carbonyl (C=O) groups is 1. The van der Waals surface area contributed by atoms with Crippen LogP contribution in [-0.4, -0.2) is 80.0 Å². The van der Waals surface area contributed by atoms with Gasteiger partial charge in [0.15, 0.2) is 11.5 Å². The summed E-state index contributed by atoms with van der Waals surface area (Å²) in [5.41, 5.74) is 1.00. The number of likely N-dealkylation sites (tertiary alicyclic amines) is 2. The lowest BCUT2D eigenvalue weighted by Crippen LogP contribution is -2.36. The zero-order chi connectivity index (χ0) is 19.2. The molecule has 0 amide bonds. The molecule has 2 aliphatic rings. The number of aliphatic hydroxyl groups is 1. The van der Waals surface area contributed by atoms with Crippen molar-refractivity contribution in [2.45, 2.75) is 38.0 Å². The number of hydrogen-bond donors (Lipinski definition) is 1. The average Bonchev–Trinajstić information content (AvgIpc) is 3.31. The lowest BCUT2D eigenvalue weighted by molar-refractivity contribution is -0.146. The molecule has 1 N–H and O–H groups in total. The molecule has 0 spiro atoms. The number of esters is 1. The van der Waals surface area contributed by atoms with Gasteiger partial charge in [0, 0.05) is 26.1 Å². The highest BCUT2D eigenvalue weighted by molar-refractivity contribution is 5.76. The van der Waals surface area contributed by atoms with Gasteiger partial charge in [0.05, 0.1) is 20.3 Å². The van der Waals surface area contributed by atoms with E-state index in [-0.39, 0.29) is 5.97 Å². The van der Waals surface area contributed by atoms with E-state index in [1.807, 2.05) is 23.1 Å². The molecule has 2 aliphatic heterocycles. The van der Waals surface area contributed by atoms with Crippen molar-refractivity contribution in [2.75, 3.05) is 47.0 Å². The number of nitrogens with zero attached hydrogens (tertiary/aromatic N) is 2. The van der Waals surface area contributed by atoms with Gasteiger partial charge in [-0.25, -0.2) is 0 Å². The molecule has 2 fully saturated rings. The summed E-state index contributed by atoms with van der Waals surface area (Å²) in [5, 5.41) is 9.93. The molecule has 0 saturated carbocycles. The number of carbonyl (C=O) groups excluding carboxylic acids is 1. The minimum absolute atomic E-state index is 0.305. The van der Waals surface area contributed by atoms with Crippen LogP contribution < -0.4 is 9.47 Å². The molecule has 0 unspecified atom stereocenters. The maximum atomic E-state index is 11.9. The third-order valence-corrected chi connectivity index (χ3v) is 5.33. The Balaban J connectivity index is 1.60. The molecule has 1 aromatic rings. The van der Waals surface area contributed by atoms with Crippen LogP contribution in [0.15, 0.2) is 18.2 Å². The molecule has 2 saturated heterocycles. The smallest absolute Gasteiger partial charge is 0.323 e. The molecule has 0 aromatic heterocycles. The Bertz CT molecular complexity index is 633. The molecular formula is C20H30N2O5. The number of hydrogen-bond acceptors (Lipinski definition) is 7. The Kier molecular flexibility index (Phi) is 6.93. The second-order valence-electron chi connectivity index (χ2n) is 7.24. The number of rotatable bonds is 8. The highest BCUT2D eigenvalue weighted by Crippen LogP contribution is 2.30. The van der Waals surface area contributed by atoms with Crippen LogP contribution in [0.1, 0.15) is 24.8 Å². The van der Waals surface area contributed by atoms with E-state index in [2.05, 4.69) is 4.90 Å². The fourth-order valence-corrected chi connectivity index (χ4v) is 3.89. The van der Waals surface area contributed by atoms with Gasteiger partial charge in [-0.1, -0.05) is 6.07 Å². The molecule has 2 heterocycles. The van der Waals surface area contributed by atoms with Crippen LogP contribution in [0.3, 0.4) is 0 Å². The van der Waals surface area contributed by atoms with Gasteiger partial charge in [-0.05, 0) is 43.6 Å². The zero-order valence-electron chi connectivity index (χ0n) is 16.2. The fraction of sp³-hybridized carbons (Fsp3) is 0.650. The molecule has 7 heteroatoms. The van der Waals surface area contributed by atoms with E-state index in [4.69, 9.17) is 14.2 Å². The monoisotopic (exact) mass is 378 g/mol. The standard InChI is InChI=1S/C20H30N2O5/c1-25-19-11-15(13-22-14-16(23)12-17(22)20(24)26-2)5-6-18(19)27-10-9-21-7-3-4-8-21/h5-6,11,16-17,23H,3-4,7-10,12-14H2,1-2H3/t16-,17+/m1/s1. The van der Waals surface area contributed by atoms with E-state index in [1.54, 1.807) is 7.11 Å². The summed E-state index contributed by atoms with van der Waals surface area (Å²) < 4.78 is 16.3. The molecule has 0 aliphatic carbocycles. The second-order valence-corrected chi connectivity index (χ2v) is 7.24. The maximum Gasteiger partial charge on any atom is 0.323 e. The molecule has 7 nitrogen and oxygen atoms in total. The lowest BCUT2D eigenvalue weighted by Gasteiger charge is -2.22. The molecule has 0 bridgehead atoms. The first kappa shape index (κ1) is 19.9. The number of ether oxygens (including phenoxy) is 3. The van der Waals surface area contributed by atoms with Gasteiger partial charge in [0.25, 0.3) is 0 Å². The largest absolute Gasteiger partial charge is 0.493 e. The van der Waals surface area contributed by atoms with E-state index in [0.717, 1.165) is 30.9 Å². The summed E-state index contributed by atoms with van der Waals surface area (Å²) in [6, 6.07) is 5.42. The first-order valence-electron chi connectivity index (χ1n) is 9.62. The number of methoxy groups -OCH3 is 2. The molecule has 3 rings (SSSR count). The zero-order valence-corrected chi connectivity index (χ0v) is 16.2. The van der Waals surface area contributed by atoms with Crippen LogP contribution in [0, 0.1) is 0 Å². The topological polar surface area (TPSA) is 71.5 Å². The Morgan fingerprint density at radius 1 is 1.22 bits per heavy atom. The third kappa shape index (κ3) is 5.12. The minimum Gasteiger partial charge on any atom is -0.493 e. The van der Waals surface area contributed by atoms with Crippen LogP contribution in [0.4, 0.5) is 0 Å². The van der Waals surface area contributed by atoms with Gasteiger partial charge in [0.1, 0.15) is 12.6 Å². The van der Waals surface area contributed by atoms with E-state index < -0.39 is 12.1 Å². The summed E-state index contributed by atoms with van der Waals surface area (Å²) in [6.45, 7) is 4.87. The van der Waals surface area contributed by atoms with E-state index in [1.165, 1.54) is 20.0 Å². The van der Waals surface area contributed by atoms with E-state index in [9.17, 15) is 9.90 Å². The first-order valence-corrected chi connectivity index (χ1v) is 9.62. The van der Waals surface area contributed by atoms with Crippen LogP contribution >= 0.6 is 0 Å². The van der Waals surface area contributed by atoms with Crippen LogP contribution in [0.2, 0.25) is 0 Å². The summed E-state index contributed by atoms with van der Waals surface area (Å²) >= 11 is 0. The van der Waals surface area contributed by atoms with Crippen molar-refractivity contribution in [3.8, 4) is 11.5 Å². The van der Waals surface area contributed by atoms with Crippen molar-refractivity contribution >= 4 is 5.97 Å². The number of aliphatic hydroxyl groups excluding tert-OH is 1. The van der Waals surface area contributed by atoms with Gasteiger partial charge >= 0.3 is 5.97 Å². The van der Waals surface area contributed by atoms with Gasteiger partial charge in [-0.3, -0.25) is 14.6 Å². The van der Waals surface area contributed by atoms with Crippen LogP contribution in [0.25, 0.3) is 0 Å². The Morgan fingerprint density at radius 2 is 2.00 bits per heavy atom. The maximum absolute atomic E-state index is 11.9. The Hall–Kier alpha value is -1.83. The van der Waals surface area contributed by atoms with Crippen LogP contribution in [-0.2, 0) is 16.1 Å². The summed E-state index contributed by atoms with van der Waals surface area (Å²) in [6.07, 6.45) is 2.44. The van der Waals surface area contributed by atoms with Crippen molar-refractivity contribution < 1.29 is 24.1 Å². The predicted octanol–water partition coefficient (Wildman–Crippen LogP) is 1.28. The minimum atomic E-state index is -0.510. The Morgan fingerprint density at radius 3 is 2.70 bits per heavy atom. The van der Waals surface area contributed by atoms with E-state index >= 15 is 0 Å². The molecule has 2 atom stereocenters. The van der Waals surface area contributed by atoms with Gasteiger partial charge in [-0.15, -0.1) is 0 Å². The highest BCUT2D eigenvalue weighted by atomic mass is 16.5. The lowest BCUT2D eigenvalue weighted by atomic mass is 10.1. The SMILES string of the molecule is COC(=O)[C@@H]1C[C@@H](O)CN1Cc1ccc(OCCN2CCCC2)c(OC)c1. The van der Waals surface area contributed by atoms with Crippen LogP contribution in [0.5, 0.6) is 11.5 Å². The molecular weight excluding hydrogens is 348 g/mol. The van der Waals surface area contributed by atoms with Crippen molar-refractivity contribution in [1.29, 1.82) is 0 Å². The first-order chi connectivity index (χ1) is 13.1. The molecule has 27 heavy (non-hydrogen) atoms. The normalized spacial score (nSPS) is 23.5. The van der Waals surface area contributed by atoms with Gasteiger partial charge in [0.2, 0.25) is 0 Å². The van der Waals surface area contributed by atoms with Crippen molar-refractivity contribution in [3.63, 3.8) is 0 Å². The predicted molar refractivity (Wildman–Crippen MR) is 101 cm³/mol. The fourth-order valence-electron chi connectivity index (χ4n) is 3.89. The van der Waals surface area contributed by atoms with Gasteiger partial charge in [-0.2, -0.15) is 0 Å². The highest BCUT2D eigenvalue weighted by Gasteiger charge is 2.36. The van der Waals surface area contributed by atoms with Crippen molar-refractivity contribution in [1.82, 2.24) is 9.80 Å². The van der Waals surface area contributed by atoms with E-state index in [0.29, 0.717) is 31.9 Å². The Labute approximate surface area is 160 Å². The van der Waals surface area contributed by atoms with Gasteiger partial charge < -0.3 is 19.3 Å². The molecule has 1 aromatic carbocycles. The quantitative estimate of drug-likeness (QED) is 0.683. The number of β-amino-alcohol motifs (C(OH)–C–C–N with tert-alkyl or cyclic N) is 1. The summed E-state index contributed by atoms with van der Waals surface area (Å²) in [4.78, 5) is 16.3. The van der Waals surface area contributed by atoms with Crippen molar-refractivity contribution in [2.24, 2.45) is 0 Å². The number of benzene rings is 1. The third-order valence-electron chi connectivity index (χ3n) is 5.33.